The Balaban J connectivity index is 2.06. The topological polar surface area (TPSA) is 20.3 Å². The molecule has 0 aromatic heterocycles. The summed E-state index contributed by atoms with van der Waals surface area (Å²) in [6.07, 6.45) is 0.892. The smallest absolute Gasteiger partial charge is 0.229 e. The summed E-state index contributed by atoms with van der Waals surface area (Å²) in [6, 6.07) is 32.1. The average molecular weight is 373 g/mol. The fourth-order valence-corrected chi connectivity index (χ4v) is 8.11. The van der Waals surface area contributed by atoms with Crippen LogP contribution >= 0.6 is 6.89 Å². The van der Waals surface area contributed by atoms with Crippen molar-refractivity contribution in [3.8, 4) is 0 Å². The largest absolute Gasteiger partial charge is 0.345 e. The molecule has 27 heavy (non-hydrogen) atoms. The van der Waals surface area contributed by atoms with E-state index in [9.17, 15) is 4.79 Å². The highest BCUT2D eigenvalue weighted by atomic mass is 31.2. The summed E-state index contributed by atoms with van der Waals surface area (Å²) in [5.74, 6) is 2.59. The first-order valence-corrected chi connectivity index (χ1v) is 11.2. The van der Waals surface area contributed by atoms with Crippen LogP contribution in [0.15, 0.2) is 91.0 Å². The van der Waals surface area contributed by atoms with Crippen LogP contribution in [0.3, 0.4) is 0 Å². The van der Waals surface area contributed by atoms with Crippen LogP contribution in [0.5, 0.6) is 0 Å². The molecule has 1 aliphatic rings. The van der Waals surface area contributed by atoms with Crippen LogP contribution in [-0.4, -0.2) is 30.2 Å². The minimum atomic E-state index is -2.04. The Kier molecular flexibility index (Phi) is 5.01. The van der Waals surface area contributed by atoms with Crippen molar-refractivity contribution in [3.05, 3.63) is 91.0 Å². The van der Waals surface area contributed by atoms with Gasteiger partial charge in [0.05, 0.1) is 5.92 Å². The molecule has 0 spiro atoms. The van der Waals surface area contributed by atoms with Crippen LogP contribution in [0, 0.1) is 5.92 Å². The van der Waals surface area contributed by atoms with E-state index in [1.807, 2.05) is 11.9 Å². The molecule has 3 heteroatoms. The molecule has 1 saturated heterocycles. The van der Waals surface area contributed by atoms with E-state index in [-0.39, 0.29) is 11.8 Å². The Bertz CT molecular complexity index is 864. The third-order valence-corrected chi connectivity index (χ3v) is 9.51. The zero-order valence-electron chi connectivity index (χ0n) is 15.5. The summed E-state index contributed by atoms with van der Waals surface area (Å²) in [5, 5.41) is 3.89. The molecule has 1 unspecified atom stereocenters. The lowest BCUT2D eigenvalue weighted by atomic mass is 10.1. The molecule has 0 saturated carbocycles. The number of likely N-dealkylation sites (tertiary alicyclic amines) is 1. The van der Waals surface area contributed by atoms with Crippen molar-refractivity contribution in [2.45, 2.75) is 6.42 Å². The maximum atomic E-state index is 12.8. The van der Waals surface area contributed by atoms with Crippen molar-refractivity contribution in [2.75, 3.05) is 13.6 Å². The summed E-state index contributed by atoms with van der Waals surface area (Å²) in [7, 11) is 1.91. The normalized spacial score (nSPS) is 17.1. The maximum absolute atomic E-state index is 12.8. The van der Waals surface area contributed by atoms with Gasteiger partial charge in [0.1, 0.15) is 0 Å². The van der Waals surface area contributed by atoms with Gasteiger partial charge in [-0.2, -0.15) is 0 Å². The van der Waals surface area contributed by atoms with Gasteiger partial charge in [-0.1, -0.05) is 96.8 Å². The molecular weight excluding hydrogens is 349 g/mol. The van der Waals surface area contributed by atoms with Gasteiger partial charge in [-0.3, -0.25) is 4.79 Å². The fraction of sp³-hybridized carbons (Fsp3) is 0.167. The molecule has 3 aromatic carbocycles. The third kappa shape index (κ3) is 3.26. The van der Waals surface area contributed by atoms with Crippen molar-refractivity contribution < 1.29 is 4.79 Å². The number of carbonyl (C=O) groups excluding carboxylic acids is 1. The van der Waals surface area contributed by atoms with Crippen LogP contribution in [0.4, 0.5) is 0 Å². The van der Waals surface area contributed by atoms with E-state index in [0.717, 1.165) is 13.0 Å². The number of benzene rings is 3. The Hall–Kier alpha value is -2.57. The minimum absolute atomic E-state index is 0.0380. The number of amides is 1. The monoisotopic (exact) mass is 373 g/mol. The molecule has 1 aliphatic heterocycles. The maximum Gasteiger partial charge on any atom is 0.229 e. The molecule has 0 bridgehead atoms. The first-order chi connectivity index (χ1) is 13.2. The van der Waals surface area contributed by atoms with Gasteiger partial charge in [0.15, 0.2) is 0 Å². The lowest BCUT2D eigenvalue weighted by Crippen LogP contribution is -2.30. The third-order valence-electron chi connectivity index (χ3n) is 5.36. The van der Waals surface area contributed by atoms with Crippen LogP contribution < -0.4 is 15.9 Å². The van der Waals surface area contributed by atoms with Crippen LogP contribution in [0.2, 0.25) is 0 Å². The molecule has 2 nitrogen and oxygen atoms in total. The minimum Gasteiger partial charge on any atom is -0.345 e. The molecule has 0 N–H and O–H groups in total. The van der Waals surface area contributed by atoms with Crippen molar-refractivity contribution in [3.63, 3.8) is 0 Å². The van der Waals surface area contributed by atoms with Gasteiger partial charge in [0.25, 0.3) is 0 Å². The number of hydrogen-bond acceptors (Lipinski definition) is 1. The predicted octanol–water partition coefficient (Wildman–Crippen LogP) is 3.26. The number of nitrogens with zero attached hydrogens (tertiary/aromatic N) is 1. The van der Waals surface area contributed by atoms with Gasteiger partial charge in [-0.25, -0.2) is 0 Å². The summed E-state index contributed by atoms with van der Waals surface area (Å²) >= 11 is 0. The molecule has 1 fully saturated rings. The van der Waals surface area contributed by atoms with Gasteiger partial charge < -0.3 is 4.90 Å². The summed E-state index contributed by atoms with van der Waals surface area (Å²) in [5.41, 5.74) is 0. The molecule has 1 heterocycles. The Labute approximate surface area is 161 Å². The summed E-state index contributed by atoms with van der Waals surface area (Å²) in [4.78, 5) is 14.6. The first kappa shape index (κ1) is 17.8. The van der Waals surface area contributed by atoms with Gasteiger partial charge >= 0.3 is 0 Å². The highest BCUT2D eigenvalue weighted by Gasteiger charge is 2.33. The van der Waals surface area contributed by atoms with Crippen molar-refractivity contribution in [1.29, 1.82) is 0 Å². The Morgan fingerprint density at radius 2 is 1.19 bits per heavy atom. The quantitative estimate of drug-likeness (QED) is 0.643. The molecule has 136 valence electrons. The molecule has 4 rings (SSSR count). The lowest BCUT2D eigenvalue weighted by molar-refractivity contribution is -0.128. The van der Waals surface area contributed by atoms with Crippen LogP contribution in [-0.2, 0) is 4.79 Å². The summed E-state index contributed by atoms with van der Waals surface area (Å²) in [6.45, 7) is -1.21. The molecule has 3 aromatic rings. The van der Waals surface area contributed by atoms with Gasteiger partial charge in [-0.05, 0) is 29.2 Å². The standard InChI is InChI=1S/C24H24NOP/c1-25-18-17-20(24(25)26)19-27(21-11-5-2-6-12-21,22-13-7-3-8-14-22)23-15-9-4-10-16-23/h2-16,19-20H,17-18H2,1H3. The fourth-order valence-electron chi connectivity index (χ4n) is 3.95. The zero-order valence-corrected chi connectivity index (χ0v) is 16.4. The van der Waals surface area contributed by atoms with Crippen molar-refractivity contribution in [2.24, 2.45) is 5.92 Å². The summed E-state index contributed by atoms with van der Waals surface area (Å²) < 4.78 is 0. The van der Waals surface area contributed by atoms with E-state index in [0.29, 0.717) is 0 Å². The lowest BCUT2D eigenvalue weighted by Gasteiger charge is -2.30. The van der Waals surface area contributed by atoms with E-state index >= 15 is 0 Å². The Morgan fingerprint density at radius 1 is 0.778 bits per heavy atom. The number of hydrogen-bond donors (Lipinski definition) is 0. The van der Waals surface area contributed by atoms with E-state index in [1.54, 1.807) is 0 Å². The van der Waals surface area contributed by atoms with Gasteiger partial charge in [0.2, 0.25) is 5.91 Å². The van der Waals surface area contributed by atoms with E-state index in [1.165, 1.54) is 15.9 Å². The first-order valence-electron chi connectivity index (χ1n) is 9.38. The predicted molar refractivity (Wildman–Crippen MR) is 117 cm³/mol. The van der Waals surface area contributed by atoms with Crippen LogP contribution in [0.1, 0.15) is 6.42 Å². The second-order valence-electron chi connectivity index (χ2n) is 7.03. The van der Waals surface area contributed by atoms with E-state index in [4.69, 9.17) is 0 Å². The molecule has 1 amide bonds. The Morgan fingerprint density at radius 3 is 1.52 bits per heavy atom. The highest BCUT2D eigenvalue weighted by molar-refractivity contribution is 7.94. The van der Waals surface area contributed by atoms with Crippen molar-refractivity contribution in [1.82, 2.24) is 4.90 Å². The second kappa shape index (κ2) is 7.58. The average Bonchev–Trinajstić information content (AvgIpc) is 3.06. The van der Waals surface area contributed by atoms with Gasteiger partial charge in [0, 0.05) is 13.6 Å². The molecule has 1 atom stereocenters. The number of carbonyl (C=O) groups is 1. The zero-order chi connectivity index (χ0) is 18.7. The molecule has 0 radical (unpaired) electrons. The molecular formula is C24H24NOP. The highest BCUT2D eigenvalue weighted by Crippen LogP contribution is 2.45. The SMILES string of the molecule is CN1CCC(C=P(c2ccccc2)(c2ccccc2)c2ccccc2)C1=O. The van der Waals surface area contributed by atoms with E-state index < -0.39 is 6.89 Å². The van der Waals surface area contributed by atoms with Gasteiger partial charge in [-0.15, -0.1) is 0 Å². The van der Waals surface area contributed by atoms with Crippen molar-refractivity contribution >= 4 is 34.5 Å². The van der Waals surface area contributed by atoms with Crippen LogP contribution in [0.25, 0.3) is 0 Å². The molecule has 0 aliphatic carbocycles. The second-order valence-corrected chi connectivity index (χ2v) is 10.3. The number of rotatable bonds is 4. The van der Waals surface area contributed by atoms with E-state index in [2.05, 4.69) is 96.8 Å².